The molecule has 3 N–H and O–H groups in total. The highest BCUT2D eigenvalue weighted by molar-refractivity contribution is 6.35. The third-order valence-corrected chi connectivity index (χ3v) is 7.73. The summed E-state index contributed by atoms with van der Waals surface area (Å²) in [6.45, 7) is 4.38. The van der Waals surface area contributed by atoms with E-state index in [-0.39, 0.29) is 25.0 Å². The van der Waals surface area contributed by atoms with Gasteiger partial charge in [0.25, 0.3) is 5.91 Å². The van der Waals surface area contributed by atoms with Crippen molar-refractivity contribution >= 4 is 35.0 Å². The summed E-state index contributed by atoms with van der Waals surface area (Å²) in [6.07, 6.45) is 3.22. The van der Waals surface area contributed by atoms with Crippen LogP contribution in [0, 0.1) is 0 Å². The standard InChI is InChI=1S/C31H31Cl2N3O4/c1-2-14-31(30(38)36-35-24-17-21-6-3-4-7-22(21)18-24)28(26-13-10-23(32)19-27(26)33)40-29(34-31)20-8-11-25(12-9-20)39-16-5-15-37/h2-4,6-13,19,24,28,35,37H,1,5,14-18H2,(H,36,38)/t28-,31-/m0/s1. The fourth-order valence-electron chi connectivity index (χ4n) is 5.16. The lowest BCUT2D eigenvalue weighted by atomic mass is 9.84. The maximum absolute atomic E-state index is 14.0. The molecule has 1 heterocycles. The number of hydrogen-bond donors (Lipinski definition) is 3. The first-order chi connectivity index (χ1) is 19.4. The van der Waals surface area contributed by atoms with Crippen LogP contribution in [0.1, 0.15) is 41.2 Å². The van der Waals surface area contributed by atoms with E-state index >= 15 is 0 Å². The Hall–Kier alpha value is -3.36. The second-order valence-corrected chi connectivity index (χ2v) is 10.8. The molecule has 5 rings (SSSR count). The lowest BCUT2D eigenvalue weighted by Gasteiger charge is -2.30. The molecule has 7 nitrogen and oxygen atoms in total. The summed E-state index contributed by atoms with van der Waals surface area (Å²) in [4.78, 5) is 18.9. The molecule has 0 radical (unpaired) electrons. The molecule has 0 saturated heterocycles. The first-order valence-corrected chi connectivity index (χ1v) is 14.0. The molecule has 208 valence electrons. The van der Waals surface area contributed by atoms with Crippen molar-refractivity contribution in [2.45, 2.75) is 43.4 Å². The molecular weight excluding hydrogens is 549 g/mol. The van der Waals surface area contributed by atoms with Gasteiger partial charge in [0, 0.05) is 46.7 Å². The molecular formula is C31H31Cl2N3O4. The molecule has 40 heavy (non-hydrogen) atoms. The number of halogens is 2. The topological polar surface area (TPSA) is 92.2 Å². The zero-order chi connectivity index (χ0) is 28.1. The van der Waals surface area contributed by atoms with E-state index in [0.29, 0.717) is 45.8 Å². The van der Waals surface area contributed by atoms with Gasteiger partial charge in [-0.05, 0) is 60.4 Å². The van der Waals surface area contributed by atoms with Crippen LogP contribution >= 0.6 is 23.2 Å². The van der Waals surface area contributed by atoms with Crippen molar-refractivity contribution in [2.24, 2.45) is 4.99 Å². The Labute approximate surface area is 243 Å². The zero-order valence-electron chi connectivity index (χ0n) is 21.9. The monoisotopic (exact) mass is 579 g/mol. The minimum atomic E-state index is -1.37. The Morgan fingerprint density at radius 1 is 1.12 bits per heavy atom. The fraction of sp³-hybridized carbons (Fsp3) is 0.290. The van der Waals surface area contributed by atoms with Gasteiger partial charge in [0.15, 0.2) is 11.6 Å². The molecule has 0 bridgehead atoms. The number of nitrogens with zero attached hydrogens (tertiary/aromatic N) is 1. The average Bonchev–Trinajstić information content (AvgIpc) is 3.55. The molecule has 0 aromatic heterocycles. The highest BCUT2D eigenvalue weighted by atomic mass is 35.5. The van der Waals surface area contributed by atoms with Crippen LogP contribution in [-0.4, -0.2) is 41.7 Å². The van der Waals surface area contributed by atoms with Gasteiger partial charge in [0.2, 0.25) is 5.90 Å². The van der Waals surface area contributed by atoms with Gasteiger partial charge in [-0.2, -0.15) is 0 Å². The summed E-state index contributed by atoms with van der Waals surface area (Å²) in [5, 5.41) is 9.85. The number of aliphatic imine (C=N–C) groups is 1. The van der Waals surface area contributed by atoms with Gasteiger partial charge in [0.05, 0.1) is 6.61 Å². The third kappa shape index (κ3) is 5.88. The Morgan fingerprint density at radius 2 is 1.85 bits per heavy atom. The Balaban J connectivity index is 1.43. The quantitative estimate of drug-likeness (QED) is 0.161. The maximum atomic E-state index is 14.0. The van der Waals surface area contributed by atoms with Gasteiger partial charge >= 0.3 is 0 Å². The number of aliphatic hydroxyl groups is 1. The minimum absolute atomic E-state index is 0.0591. The number of rotatable bonds is 11. The van der Waals surface area contributed by atoms with E-state index < -0.39 is 11.6 Å². The van der Waals surface area contributed by atoms with Crippen LogP contribution in [-0.2, 0) is 22.4 Å². The van der Waals surface area contributed by atoms with Crippen LogP contribution in [0.25, 0.3) is 0 Å². The summed E-state index contributed by atoms with van der Waals surface area (Å²) in [7, 11) is 0. The molecule has 3 aromatic carbocycles. The molecule has 0 saturated carbocycles. The molecule has 0 unspecified atom stereocenters. The Kier molecular flexibility index (Phi) is 8.76. The van der Waals surface area contributed by atoms with Gasteiger partial charge in [0.1, 0.15) is 5.75 Å². The second-order valence-electron chi connectivity index (χ2n) is 9.92. The van der Waals surface area contributed by atoms with Crippen molar-refractivity contribution in [1.82, 2.24) is 10.9 Å². The number of carbonyl (C=O) groups is 1. The van der Waals surface area contributed by atoms with Crippen LogP contribution < -0.4 is 15.6 Å². The van der Waals surface area contributed by atoms with Gasteiger partial charge < -0.3 is 14.6 Å². The predicted molar refractivity (Wildman–Crippen MR) is 157 cm³/mol. The van der Waals surface area contributed by atoms with Crippen LogP contribution in [0.2, 0.25) is 10.0 Å². The lowest BCUT2D eigenvalue weighted by Crippen LogP contribution is -2.55. The van der Waals surface area contributed by atoms with E-state index in [1.807, 2.05) is 24.3 Å². The normalized spacial score (nSPS) is 20.0. The smallest absolute Gasteiger partial charge is 0.266 e. The summed E-state index contributed by atoms with van der Waals surface area (Å²) in [5.41, 5.74) is 8.61. The maximum Gasteiger partial charge on any atom is 0.266 e. The van der Waals surface area contributed by atoms with Crippen molar-refractivity contribution in [1.29, 1.82) is 0 Å². The van der Waals surface area contributed by atoms with Crippen molar-refractivity contribution in [3.63, 3.8) is 0 Å². The summed E-state index contributed by atoms with van der Waals surface area (Å²) in [5.74, 6) is 0.617. The largest absolute Gasteiger partial charge is 0.494 e. The number of hydrazine groups is 1. The Morgan fingerprint density at radius 3 is 2.50 bits per heavy atom. The van der Waals surface area contributed by atoms with Crippen molar-refractivity contribution in [3.8, 4) is 5.75 Å². The number of aliphatic hydroxyl groups excluding tert-OH is 1. The zero-order valence-corrected chi connectivity index (χ0v) is 23.4. The number of amides is 1. The van der Waals surface area contributed by atoms with E-state index in [1.54, 1.807) is 36.4 Å². The highest BCUT2D eigenvalue weighted by Gasteiger charge is 2.53. The Bertz CT molecular complexity index is 1390. The molecule has 9 heteroatoms. The SMILES string of the molecule is C=CC[C@]1(C(=O)NNC2Cc3ccccc3C2)N=C(c2ccc(OCCCO)cc2)O[C@H]1c1ccc(Cl)cc1Cl. The van der Waals surface area contributed by atoms with Gasteiger partial charge in [-0.15, -0.1) is 6.58 Å². The number of nitrogens with one attached hydrogen (secondary N) is 2. The first-order valence-electron chi connectivity index (χ1n) is 13.2. The minimum Gasteiger partial charge on any atom is -0.494 e. The van der Waals surface area contributed by atoms with Crippen molar-refractivity contribution < 1.29 is 19.4 Å². The van der Waals surface area contributed by atoms with Crippen molar-refractivity contribution in [2.75, 3.05) is 13.2 Å². The van der Waals surface area contributed by atoms with Crippen molar-refractivity contribution in [3.05, 3.63) is 112 Å². The lowest BCUT2D eigenvalue weighted by molar-refractivity contribution is -0.130. The molecule has 1 amide bonds. The van der Waals surface area contributed by atoms with Gasteiger partial charge in [-0.3, -0.25) is 10.2 Å². The number of benzene rings is 3. The van der Waals surface area contributed by atoms with E-state index in [1.165, 1.54) is 11.1 Å². The molecule has 2 atom stereocenters. The molecule has 1 aliphatic carbocycles. The number of carbonyl (C=O) groups excluding carboxylic acids is 1. The molecule has 1 aliphatic heterocycles. The number of hydrogen-bond acceptors (Lipinski definition) is 6. The first kappa shape index (κ1) is 28.2. The second kappa shape index (κ2) is 12.4. The fourth-order valence-corrected chi connectivity index (χ4v) is 5.67. The third-order valence-electron chi connectivity index (χ3n) is 7.17. The van der Waals surface area contributed by atoms with E-state index in [9.17, 15) is 4.79 Å². The van der Waals surface area contributed by atoms with Crippen LogP contribution in [0.15, 0.2) is 84.4 Å². The highest BCUT2D eigenvalue weighted by Crippen LogP contribution is 2.45. The van der Waals surface area contributed by atoms with Gasteiger partial charge in [-0.25, -0.2) is 10.4 Å². The summed E-state index contributed by atoms with van der Waals surface area (Å²) < 4.78 is 12.1. The molecule has 0 fully saturated rings. The summed E-state index contributed by atoms with van der Waals surface area (Å²) >= 11 is 12.8. The van der Waals surface area contributed by atoms with Gasteiger partial charge in [-0.1, -0.05) is 59.6 Å². The summed E-state index contributed by atoms with van der Waals surface area (Å²) in [6, 6.07) is 20.7. The van der Waals surface area contributed by atoms with E-state index in [2.05, 4.69) is 29.6 Å². The average molecular weight is 581 g/mol. The van der Waals surface area contributed by atoms with E-state index in [4.69, 9.17) is 42.8 Å². The number of ether oxygens (including phenoxy) is 2. The van der Waals surface area contributed by atoms with E-state index in [0.717, 1.165) is 12.8 Å². The number of fused-ring (bicyclic) bond motifs is 1. The molecule has 2 aliphatic rings. The van der Waals surface area contributed by atoms with Crippen LogP contribution in [0.5, 0.6) is 5.75 Å². The van der Waals surface area contributed by atoms with Crippen LogP contribution in [0.4, 0.5) is 0 Å². The molecule has 3 aromatic rings. The molecule has 0 spiro atoms. The predicted octanol–water partition coefficient (Wildman–Crippen LogP) is 5.38. The van der Waals surface area contributed by atoms with Crippen LogP contribution in [0.3, 0.4) is 0 Å².